The number of rotatable bonds is 5. The average Bonchev–Trinajstić information content (AvgIpc) is 2.46. The second-order valence-corrected chi connectivity index (χ2v) is 6.69. The van der Waals surface area contributed by atoms with Gasteiger partial charge in [-0.2, -0.15) is 0 Å². The van der Waals surface area contributed by atoms with E-state index in [0.29, 0.717) is 16.9 Å². The van der Waals surface area contributed by atoms with Crippen LogP contribution in [-0.4, -0.2) is 21.6 Å². The molecule has 0 atom stereocenters. The topological polar surface area (TPSA) is 80.9 Å². The smallest absolute Gasteiger partial charge is 0.234 e. The third-order valence-corrected chi connectivity index (χ3v) is 4.22. The van der Waals surface area contributed by atoms with Crippen molar-refractivity contribution in [3.8, 4) is 0 Å². The Bertz CT molecular complexity index is 695. The maximum absolute atomic E-state index is 12.3. The van der Waals surface area contributed by atoms with E-state index in [2.05, 4.69) is 29.1 Å². The summed E-state index contributed by atoms with van der Waals surface area (Å²) in [4.78, 5) is 20.7. The Balaban J connectivity index is 2.06. The summed E-state index contributed by atoms with van der Waals surface area (Å²) < 4.78 is 0. The van der Waals surface area contributed by atoms with Gasteiger partial charge in [-0.25, -0.2) is 9.97 Å². The minimum Gasteiger partial charge on any atom is -0.384 e. The molecular formula is C17H22N4OS. The summed E-state index contributed by atoms with van der Waals surface area (Å²) in [5, 5.41) is 3.53. The molecule has 0 spiro atoms. The van der Waals surface area contributed by atoms with Gasteiger partial charge in [0.05, 0.1) is 5.75 Å². The van der Waals surface area contributed by atoms with Gasteiger partial charge in [0.1, 0.15) is 5.82 Å². The average molecular weight is 330 g/mol. The van der Waals surface area contributed by atoms with Crippen LogP contribution in [0.1, 0.15) is 36.6 Å². The molecule has 2 rings (SSSR count). The Morgan fingerprint density at radius 3 is 2.70 bits per heavy atom. The molecule has 3 N–H and O–H groups in total. The molecule has 5 nitrogen and oxygen atoms in total. The highest BCUT2D eigenvalue weighted by Crippen LogP contribution is 2.27. The lowest BCUT2D eigenvalue weighted by Gasteiger charge is -2.16. The molecule has 0 aliphatic heterocycles. The molecule has 1 aromatic heterocycles. The quantitative estimate of drug-likeness (QED) is 0.647. The first kappa shape index (κ1) is 17.3. The fraction of sp³-hybridized carbons (Fsp3) is 0.353. The van der Waals surface area contributed by atoms with Gasteiger partial charge in [-0.15, -0.1) is 0 Å². The van der Waals surface area contributed by atoms with Crippen molar-refractivity contribution in [1.29, 1.82) is 0 Å². The number of nitrogen functional groups attached to an aromatic ring is 1. The minimum absolute atomic E-state index is 0.0742. The molecule has 0 unspecified atom stereocenters. The fourth-order valence-electron chi connectivity index (χ4n) is 2.28. The molecule has 1 amide bonds. The van der Waals surface area contributed by atoms with E-state index in [4.69, 9.17) is 5.73 Å². The normalized spacial score (nSPS) is 10.8. The number of aryl methyl sites for hydroxylation is 2. The Kier molecular flexibility index (Phi) is 5.60. The molecule has 6 heteroatoms. The van der Waals surface area contributed by atoms with Gasteiger partial charge in [0, 0.05) is 17.4 Å². The van der Waals surface area contributed by atoms with Crippen LogP contribution in [0.4, 0.5) is 11.5 Å². The molecule has 23 heavy (non-hydrogen) atoms. The number of nitrogens with two attached hydrogens (primary N) is 1. The summed E-state index contributed by atoms with van der Waals surface area (Å²) in [5.74, 6) is 0.934. The number of nitrogens with one attached hydrogen (secondary N) is 1. The molecule has 0 saturated heterocycles. The number of carbonyl (C=O) groups is 1. The van der Waals surface area contributed by atoms with E-state index in [9.17, 15) is 4.79 Å². The number of aromatic nitrogens is 2. The number of benzene rings is 1. The molecule has 0 aliphatic rings. The lowest BCUT2D eigenvalue weighted by molar-refractivity contribution is -0.113. The van der Waals surface area contributed by atoms with Crippen molar-refractivity contribution >= 4 is 29.2 Å². The molecule has 1 heterocycles. The van der Waals surface area contributed by atoms with Gasteiger partial charge >= 0.3 is 0 Å². The van der Waals surface area contributed by atoms with Gasteiger partial charge in [-0.3, -0.25) is 4.79 Å². The van der Waals surface area contributed by atoms with Gasteiger partial charge in [0.2, 0.25) is 5.91 Å². The SMILES string of the molecule is Cc1cc(N)nc(SCC(=O)Nc2c(C)cccc2C(C)C)n1. The van der Waals surface area contributed by atoms with Crippen LogP contribution in [0.5, 0.6) is 0 Å². The maximum Gasteiger partial charge on any atom is 0.234 e. The van der Waals surface area contributed by atoms with Crippen LogP contribution in [0.2, 0.25) is 0 Å². The zero-order valence-electron chi connectivity index (χ0n) is 13.9. The fourth-order valence-corrected chi connectivity index (χ4v) is 2.99. The standard InChI is InChI=1S/C17H22N4OS/c1-10(2)13-7-5-6-11(3)16(13)21-15(22)9-23-17-19-12(4)8-14(18)20-17/h5-8,10H,9H2,1-4H3,(H,21,22)(H2,18,19,20). The first-order chi connectivity index (χ1) is 10.9. The number of para-hydroxylation sites is 1. The lowest BCUT2D eigenvalue weighted by Crippen LogP contribution is -2.17. The van der Waals surface area contributed by atoms with Crippen molar-refractivity contribution < 1.29 is 4.79 Å². The van der Waals surface area contributed by atoms with Crippen LogP contribution in [0.3, 0.4) is 0 Å². The number of thioether (sulfide) groups is 1. The van der Waals surface area contributed by atoms with Gasteiger partial charge in [0.15, 0.2) is 5.16 Å². The Morgan fingerprint density at radius 1 is 1.30 bits per heavy atom. The third-order valence-electron chi connectivity index (χ3n) is 3.38. The molecular weight excluding hydrogens is 308 g/mol. The molecule has 0 bridgehead atoms. The zero-order valence-corrected chi connectivity index (χ0v) is 14.7. The van der Waals surface area contributed by atoms with Gasteiger partial charge in [0.25, 0.3) is 0 Å². The van der Waals surface area contributed by atoms with E-state index in [0.717, 1.165) is 22.5 Å². The van der Waals surface area contributed by atoms with Crippen LogP contribution >= 0.6 is 11.8 Å². The molecule has 0 saturated carbocycles. The largest absolute Gasteiger partial charge is 0.384 e. The molecule has 0 radical (unpaired) electrons. The van der Waals surface area contributed by atoms with Crippen LogP contribution in [-0.2, 0) is 4.79 Å². The van der Waals surface area contributed by atoms with Crippen LogP contribution < -0.4 is 11.1 Å². The number of carbonyl (C=O) groups excluding carboxylic acids is 1. The van der Waals surface area contributed by atoms with Crippen LogP contribution in [0.15, 0.2) is 29.4 Å². The summed E-state index contributed by atoms with van der Waals surface area (Å²) in [6.07, 6.45) is 0. The monoisotopic (exact) mass is 330 g/mol. The van der Waals surface area contributed by atoms with E-state index in [1.165, 1.54) is 11.8 Å². The van der Waals surface area contributed by atoms with Crippen molar-refractivity contribution in [3.05, 3.63) is 41.1 Å². The number of hydrogen-bond donors (Lipinski definition) is 2. The first-order valence-corrected chi connectivity index (χ1v) is 8.48. The van der Waals surface area contributed by atoms with Gasteiger partial charge in [-0.1, -0.05) is 43.8 Å². The number of nitrogens with zero attached hydrogens (tertiary/aromatic N) is 2. The number of amides is 1. The second kappa shape index (κ2) is 7.46. The van der Waals surface area contributed by atoms with E-state index in [1.807, 2.05) is 32.0 Å². The molecule has 0 fully saturated rings. The number of anilines is 2. The summed E-state index contributed by atoms with van der Waals surface area (Å²) in [5.41, 5.74) is 9.59. The Hall–Kier alpha value is -2.08. The first-order valence-electron chi connectivity index (χ1n) is 7.50. The highest BCUT2D eigenvalue weighted by atomic mass is 32.2. The van der Waals surface area contributed by atoms with Crippen molar-refractivity contribution in [2.75, 3.05) is 16.8 Å². The third kappa shape index (κ3) is 4.69. The van der Waals surface area contributed by atoms with Crippen LogP contribution in [0.25, 0.3) is 0 Å². The van der Waals surface area contributed by atoms with Crippen molar-refractivity contribution in [1.82, 2.24) is 9.97 Å². The van der Waals surface area contributed by atoms with Crippen molar-refractivity contribution in [2.45, 2.75) is 38.8 Å². The van der Waals surface area contributed by atoms with Crippen molar-refractivity contribution in [2.24, 2.45) is 0 Å². The Morgan fingerprint density at radius 2 is 2.04 bits per heavy atom. The van der Waals surface area contributed by atoms with E-state index in [1.54, 1.807) is 6.07 Å². The predicted molar refractivity (Wildman–Crippen MR) is 95.8 cm³/mol. The zero-order chi connectivity index (χ0) is 17.0. The Labute approximate surface area is 141 Å². The molecule has 2 aromatic rings. The predicted octanol–water partition coefficient (Wildman–Crippen LogP) is 3.53. The van der Waals surface area contributed by atoms with Crippen molar-refractivity contribution in [3.63, 3.8) is 0 Å². The molecule has 1 aromatic carbocycles. The van der Waals surface area contributed by atoms with Gasteiger partial charge in [-0.05, 0) is 30.9 Å². The summed E-state index contributed by atoms with van der Waals surface area (Å²) in [6, 6.07) is 7.76. The highest BCUT2D eigenvalue weighted by molar-refractivity contribution is 7.99. The molecule has 122 valence electrons. The summed E-state index contributed by atoms with van der Waals surface area (Å²) in [6.45, 7) is 8.08. The maximum atomic E-state index is 12.3. The van der Waals surface area contributed by atoms with E-state index >= 15 is 0 Å². The second-order valence-electron chi connectivity index (χ2n) is 5.75. The van der Waals surface area contributed by atoms with E-state index in [-0.39, 0.29) is 11.7 Å². The number of hydrogen-bond acceptors (Lipinski definition) is 5. The summed E-state index contributed by atoms with van der Waals surface area (Å²) in [7, 11) is 0. The summed E-state index contributed by atoms with van der Waals surface area (Å²) >= 11 is 1.28. The van der Waals surface area contributed by atoms with Crippen LogP contribution in [0, 0.1) is 13.8 Å². The van der Waals surface area contributed by atoms with Gasteiger partial charge < -0.3 is 11.1 Å². The molecule has 0 aliphatic carbocycles. The highest BCUT2D eigenvalue weighted by Gasteiger charge is 2.13. The lowest BCUT2D eigenvalue weighted by atomic mass is 9.98. The van der Waals surface area contributed by atoms with E-state index < -0.39 is 0 Å². The minimum atomic E-state index is -0.0742.